The van der Waals surface area contributed by atoms with Crippen molar-refractivity contribution in [3.05, 3.63) is 0 Å². The minimum absolute atomic E-state index is 0.231. The Morgan fingerprint density at radius 1 is 1.55 bits per heavy atom. The first-order valence-electron chi connectivity index (χ1n) is 4.09. The summed E-state index contributed by atoms with van der Waals surface area (Å²) in [7, 11) is 0. The molecule has 2 aliphatic heterocycles. The van der Waals surface area contributed by atoms with Gasteiger partial charge in [-0.2, -0.15) is 11.8 Å². The highest BCUT2D eigenvalue weighted by Crippen LogP contribution is 2.54. The van der Waals surface area contributed by atoms with Gasteiger partial charge in [-0.3, -0.25) is 0 Å². The number of hydrogen-bond acceptors (Lipinski definition) is 3. The van der Waals surface area contributed by atoms with Crippen molar-refractivity contribution in [2.75, 3.05) is 18.1 Å². The largest absolute Gasteiger partial charge is 0.395 e. The van der Waals surface area contributed by atoms with Crippen LogP contribution in [0.2, 0.25) is 0 Å². The third-order valence-electron chi connectivity index (χ3n) is 1.92. The van der Waals surface area contributed by atoms with E-state index in [-0.39, 0.29) is 4.75 Å². The molecule has 3 heteroatoms. The first kappa shape index (κ1) is 9.75. The number of aliphatic hydroxyl groups is 1. The van der Waals surface area contributed by atoms with Gasteiger partial charge in [-0.1, -0.05) is 6.92 Å². The molecule has 2 atom stereocenters. The SMILES string of the molecule is C1CS1.CCC1SC1(C)CO. The Kier molecular flexibility index (Phi) is 3.59. The molecule has 1 nitrogen and oxygen atoms in total. The molecule has 0 radical (unpaired) electrons. The van der Waals surface area contributed by atoms with Crippen LogP contribution in [-0.4, -0.2) is 33.2 Å². The third-order valence-corrected chi connectivity index (χ3v) is 4.17. The summed E-state index contributed by atoms with van der Waals surface area (Å²) in [4.78, 5) is 0. The summed E-state index contributed by atoms with van der Waals surface area (Å²) in [6.45, 7) is 4.63. The third kappa shape index (κ3) is 3.26. The standard InChI is InChI=1S/C6H12OS.C2H4S/c1-3-5-6(2,4-7)8-5;1-2-3-1/h5,7H,3-4H2,1-2H3;1-2H2. The second kappa shape index (κ2) is 4.06. The van der Waals surface area contributed by atoms with Crippen LogP contribution in [0.1, 0.15) is 20.3 Å². The molecule has 2 fully saturated rings. The molecular weight excluding hydrogens is 176 g/mol. The molecule has 0 aromatic heterocycles. The first-order chi connectivity index (χ1) is 5.23. The molecular formula is C8H16OS2. The summed E-state index contributed by atoms with van der Waals surface area (Å²) in [5, 5.41) is 9.48. The maximum atomic E-state index is 8.75. The molecule has 0 spiro atoms. The lowest BCUT2D eigenvalue weighted by molar-refractivity contribution is 0.268. The average Bonchev–Trinajstić information content (AvgIpc) is 2.84. The van der Waals surface area contributed by atoms with Crippen molar-refractivity contribution in [1.82, 2.24) is 0 Å². The van der Waals surface area contributed by atoms with Gasteiger partial charge >= 0.3 is 0 Å². The van der Waals surface area contributed by atoms with E-state index >= 15 is 0 Å². The fourth-order valence-corrected chi connectivity index (χ4v) is 2.01. The van der Waals surface area contributed by atoms with E-state index in [0.717, 1.165) is 5.25 Å². The molecule has 2 saturated heterocycles. The van der Waals surface area contributed by atoms with Crippen LogP contribution >= 0.6 is 23.5 Å². The lowest BCUT2D eigenvalue weighted by Crippen LogP contribution is -2.13. The summed E-state index contributed by atoms with van der Waals surface area (Å²) >= 11 is 3.89. The van der Waals surface area contributed by atoms with Crippen LogP contribution in [-0.2, 0) is 0 Å². The Hall–Kier alpha value is 0.660. The summed E-state index contributed by atoms with van der Waals surface area (Å²) in [5.74, 6) is 2.83. The molecule has 66 valence electrons. The van der Waals surface area contributed by atoms with E-state index in [1.165, 1.54) is 17.9 Å². The topological polar surface area (TPSA) is 20.2 Å². The van der Waals surface area contributed by atoms with E-state index in [2.05, 4.69) is 13.8 Å². The van der Waals surface area contributed by atoms with Crippen molar-refractivity contribution in [3.8, 4) is 0 Å². The fraction of sp³-hybridized carbons (Fsp3) is 1.00. The lowest BCUT2D eigenvalue weighted by atomic mass is 10.1. The van der Waals surface area contributed by atoms with E-state index in [1.807, 2.05) is 23.5 Å². The highest BCUT2D eigenvalue weighted by atomic mass is 32.2. The quantitative estimate of drug-likeness (QED) is 0.676. The first-order valence-corrected chi connectivity index (χ1v) is 6.13. The van der Waals surface area contributed by atoms with Crippen molar-refractivity contribution in [2.45, 2.75) is 30.3 Å². The Labute approximate surface area is 77.3 Å². The number of hydrogen-bond donors (Lipinski definition) is 1. The van der Waals surface area contributed by atoms with E-state index in [9.17, 15) is 0 Å². The molecule has 1 N–H and O–H groups in total. The Bertz CT molecular complexity index is 125. The Balaban J connectivity index is 0.000000167. The molecule has 0 aromatic carbocycles. The molecule has 0 amide bonds. The van der Waals surface area contributed by atoms with Gasteiger partial charge in [-0.15, -0.1) is 11.8 Å². The molecule has 2 rings (SSSR count). The van der Waals surface area contributed by atoms with E-state index in [1.54, 1.807) is 0 Å². The smallest absolute Gasteiger partial charge is 0.0586 e. The molecule has 0 aliphatic carbocycles. The molecule has 2 heterocycles. The molecule has 0 aromatic rings. The molecule has 0 saturated carbocycles. The van der Waals surface area contributed by atoms with Gasteiger partial charge in [0.1, 0.15) is 0 Å². The van der Waals surface area contributed by atoms with Crippen molar-refractivity contribution < 1.29 is 5.11 Å². The zero-order valence-electron chi connectivity index (χ0n) is 7.17. The average molecular weight is 192 g/mol. The minimum Gasteiger partial charge on any atom is -0.395 e. The number of rotatable bonds is 2. The zero-order chi connectivity index (χ0) is 8.32. The maximum absolute atomic E-state index is 8.75. The van der Waals surface area contributed by atoms with Gasteiger partial charge < -0.3 is 5.11 Å². The Morgan fingerprint density at radius 3 is 2.18 bits per heavy atom. The van der Waals surface area contributed by atoms with Gasteiger partial charge in [0, 0.05) is 21.5 Å². The zero-order valence-corrected chi connectivity index (χ0v) is 8.80. The lowest BCUT2D eigenvalue weighted by Gasteiger charge is -1.99. The van der Waals surface area contributed by atoms with E-state index < -0.39 is 0 Å². The van der Waals surface area contributed by atoms with E-state index in [4.69, 9.17) is 5.11 Å². The number of thioether (sulfide) groups is 2. The van der Waals surface area contributed by atoms with Crippen molar-refractivity contribution >= 4 is 23.5 Å². The maximum Gasteiger partial charge on any atom is 0.0586 e. The van der Waals surface area contributed by atoms with Gasteiger partial charge in [0.2, 0.25) is 0 Å². The highest BCUT2D eigenvalue weighted by molar-refractivity contribution is 8.08. The Morgan fingerprint density at radius 2 is 2.09 bits per heavy atom. The number of aliphatic hydroxyl groups excluding tert-OH is 1. The highest BCUT2D eigenvalue weighted by Gasteiger charge is 2.49. The predicted molar refractivity (Wildman–Crippen MR) is 54.5 cm³/mol. The van der Waals surface area contributed by atoms with Gasteiger partial charge in [0.15, 0.2) is 0 Å². The normalized spacial score (nSPS) is 39.0. The van der Waals surface area contributed by atoms with E-state index in [0.29, 0.717) is 6.61 Å². The summed E-state index contributed by atoms with van der Waals surface area (Å²) in [6.07, 6.45) is 1.20. The molecule has 2 aliphatic rings. The van der Waals surface area contributed by atoms with Crippen molar-refractivity contribution in [3.63, 3.8) is 0 Å². The minimum atomic E-state index is 0.231. The predicted octanol–water partition coefficient (Wildman–Crippen LogP) is 2.00. The molecule has 11 heavy (non-hydrogen) atoms. The second-order valence-corrected chi connectivity index (χ2v) is 6.06. The molecule has 2 unspecified atom stereocenters. The van der Waals surface area contributed by atoms with Gasteiger partial charge in [-0.05, 0) is 13.3 Å². The van der Waals surface area contributed by atoms with Crippen molar-refractivity contribution in [2.24, 2.45) is 0 Å². The van der Waals surface area contributed by atoms with Crippen LogP contribution < -0.4 is 0 Å². The molecule has 0 bridgehead atoms. The monoisotopic (exact) mass is 192 g/mol. The van der Waals surface area contributed by atoms with Gasteiger partial charge in [-0.25, -0.2) is 0 Å². The van der Waals surface area contributed by atoms with Crippen LogP contribution in [0.3, 0.4) is 0 Å². The summed E-state index contributed by atoms with van der Waals surface area (Å²) in [5.41, 5.74) is 0. The second-order valence-electron chi connectivity index (χ2n) is 3.10. The van der Waals surface area contributed by atoms with Crippen LogP contribution in [0.4, 0.5) is 0 Å². The van der Waals surface area contributed by atoms with Crippen LogP contribution in [0, 0.1) is 0 Å². The van der Waals surface area contributed by atoms with Gasteiger partial charge in [0.25, 0.3) is 0 Å². The van der Waals surface area contributed by atoms with Crippen LogP contribution in [0.5, 0.6) is 0 Å². The summed E-state index contributed by atoms with van der Waals surface area (Å²) in [6, 6.07) is 0. The van der Waals surface area contributed by atoms with Crippen LogP contribution in [0.15, 0.2) is 0 Å². The van der Waals surface area contributed by atoms with Crippen molar-refractivity contribution in [1.29, 1.82) is 0 Å². The van der Waals surface area contributed by atoms with Crippen LogP contribution in [0.25, 0.3) is 0 Å². The summed E-state index contributed by atoms with van der Waals surface area (Å²) < 4.78 is 0.231. The fourth-order valence-electron chi connectivity index (χ4n) is 0.945. The van der Waals surface area contributed by atoms with Gasteiger partial charge in [0.05, 0.1) is 6.61 Å².